The van der Waals surface area contributed by atoms with Crippen molar-refractivity contribution in [2.45, 2.75) is 31.1 Å². The van der Waals surface area contributed by atoms with E-state index in [1.165, 1.54) is 0 Å². The number of esters is 1. The molecule has 2 heteroatoms. The van der Waals surface area contributed by atoms with E-state index in [1.807, 2.05) is 24.3 Å². The minimum atomic E-state index is -0.281. The highest BCUT2D eigenvalue weighted by atomic mass is 16.5. The third kappa shape index (κ3) is 0.834. The first-order chi connectivity index (χ1) is 6.83. The molecule has 0 atom stereocenters. The zero-order valence-electron chi connectivity index (χ0n) is 7.95. The molecular weight excluding hydrogens is 176 g/mol. The number of hydrogen-bond donors (Lipinski definition) is 0. The standard InChI is InChI=1S/C12H12O2/c13-11-12(7-3-4-8-12)9-5-1-2-6-10(9)14-11/h1-2,5-6H,3-4,7-8H2. The molecule has 1 aromatic carbocycles. The van der Waals surface area contributed by atoms with Crippen LogP contribution in [0.3, 0.4) is 0 Å². The van der Waals surface area contributed by atoms with Gasteiger partial charge in [-0.15, -0.1) is 0 Å². The van der Waals surface area contributed by atoms with Gasteiger partial charge in [0, 0.05) is 5.56 Å². The van der Waals surface area contributed by atoms with Gasteiger partial charge in [0.25, 0.3) is 0 Å². The lowest BCUT2D eigenvalue weighted by atomic mass is 9.80. The zero-order chi connectivity index (χ0) is 9.60. The van der Waals surface area contributed by atoms with Crippen molar-refractivity contribution in [2.24, 2.45) is 0 Å². The second-order valence-corrected chi connectivity index (χ2v) is 4.17. The fourth-order valence-electron chi connectivity index (χ4n) is 2.71. The van der Waals surface area contributed by atoms with Crippen LogP contribution in [0.5, 0.6) is 5.75 Å². The van der Waals surface area contributed by atoms with E-state index in [4.69, 9.17) is 4.74 Å². The minimum Gasteiger partial charge on any atom is -0.426 e. The van der Waals surface area contributed by atoms with E-state index in [-0.39, 0.29) is 11.4 Å². The van der Waals surface area contributed by atoms with E-state index >= 15 is 0 Å². The summed E-state index contributed by atoms with van der Waals surface area (Å²) in [6.07, 6.45) is 4.21. The second-order valence-electron chi connectivity index (χ2n) is 4.17. The fourth-order valence-corrected chi connectivity index (χ4v) is 2.71. The Morgan fingerprint density at radius 3 is 2.64 bits per heavy atom. The van der Waals surface area contributed by atoms with Crippen LogP contribution in [0, 0.1) is 0 Å². The number of fused-ring (bicyclic) bond motifs is 2. The SMILES string of the molecule is O=C1Oc2ccccc2C12CCCC2. The number of carbonyl (C=O) groups is 1. The summed E-state index contributed by atoms with van der Waals surface area (Å²) in [5.41, 5.74) is 0.832. The summed E-state index contributed by atoms with van der Waals surface area (Å²) in [7, 11) is 0. The van der Waals surface area contributed by atoms with Gasteiger partial charge in [-0.1, -0.05) is 31.0 Å². The van der Waals surface area contributed by atoms with Gasteiger partial charge in [-0.25, -0.2) is 0 Å². The van der Waals surface area contributed by atoms with Crippen LogP contribution in [0.15, 0.2) is 24.3 Å². The monoisotopic (exact) mass is 188 g/mol. The number of carbonyl (C=O) groups excluding carboxylic acids is 1. The zero-order valence-corrected chi connectivity index (χ0v) is 7.95. The van der Waals surface area contributed by atoms with Gasteiger partial charge in [-0.2, -0.15) is 0 Å². The van der Waals surface area contributed by atoms with Crippen molar-refractivity contribution in [1.29, 1.82) is 0 Å². The van der Waals surface area contributed by atoms with Crippen molar-refractivity contribution in [3.8, 4) is 5.75 Å². The molecule has 3 rings (SSSR count). The maximum atomic E-state index is 11.8. The summed E-state index contributed by atoms with van der Waals surface area (Å²) in [6.45, 7) is 0. The summed E-state index contributed by atoms with van der Waals surface area (Å²) in [5.74, 6) is 0.746. The van der Waals surface area contributed by atoms with Crippen LogP contribution >= 0.6 is 0 Å². The van der Waals surface area contributed by atoms with Crippen molar-refractivity contribution < 1.29 is 9.53 Å². The number of ether oxygens (including phenoxy) is 1. The Morgan fingerprint density at radius 1 is 1.14 bits per heavy atom. The predicted molar refractivity (Wildman–Crippen MR) is 52.2 cm³/mol. The molecule has 0 bridgehead atoms. The summed E-state index contributed by atoms with van der Waals surface area (Å²) < 4.78 is 5.31. The maximum absolute atomic E-state index is 11.8. The van der Waals surface area contributed by atoms with Crippen molar-refractivity contribution in [1.82, 2.24) is 0 Å². The highest BCUT2D eigenvalue weighted by Crippen LogP contribution is 2.49. The van der Waals surface area contributed by atoms with Crippen LogP contribution in [0.2, 0.25) is 0 Å². The Bertz CT molecular complexity index is 389. The lowest BCUT2D eigenvalue weighted by Crippen LogP contribution is -2.30. The molecule has 1 saturated carbocycles. The molecule has 0 amide bonds. The summed E-state index contributed by atoms with van der Waals surface area (Å²) in [5, 5.41) is 0. The molecule has 0 saturated heterocycles. The van der Waals surface area contributed by atoms with Crippen LogP contribution in [0.25, 0.3) is 0 Å². The third-order valence-corrected chi connectivity index (χ3v) is 3.45. The van der Waals surface area contributed by atoms with Gasteiger partial charge in [0.2, 0.25) is 0 Å². The van der Waals surface area contributed by atoms with Crippen LogP contribution in [0.4, 0.5) is 0 Å². The average Bonchev–Trinajstić information content (AvgIpc) is 2.77. The van der Waals surface area contributed by atoms with Gasteiger partial charge in [-0.3, -0.25) is 4.79 Å². The van der Waals surface area contributed by atoms with Crippen molar-refractivity contribution in [3.63, 3.8) is 0 Å². The van der Waals surface area contributed by atoms with E-state index in [2.05, 4.69) is 0 Å². The molecule has 2 nitrogen and oxygen atoms in total. The molecule has 0 radical (unpaired) electrons. The molecule has 1 spiro atoms. The summed E-state index contributed by atoms with van der Waals surface area (Å²) in [4.78, 5) is 11.8. The molecule has 72 valence electrons. The normalized spacial score (nSPS) is 22.4. The molecule has 0 aromatic heterocycles. The Labute approximate surface area is 82.9 Å². The highest BCUT2D eigenvalue weighted by Gasteiger charge is 2.50. The largest absolute Gasteiger partial charge is 0.426 e. The van der Waals surface area contributed by atoms with Gasteiger partial charge < -0.3 is 4.74 Å². The van der Waals surface area contributed by atoms with Gasteiger partial charge in [0.1, 0.15) is 5.75 Å². The molecule has 1 aliphatic heterocycles. The lowest BCUT2D eigenvalue weighted by molar-refractivity contribution is -0.138. The molecule has 1 aromatic rings. The number of para-hydroxylation sites is 1. The van der Waals surface area contributed by atoms with Crippen LogP contribution in [-0.4, -0.2) is 5.97 Å². The molecule has 0 N–H and O–H groups in total. The van der Waals surface area contributed by atoms with Gasteiger partial charge in [0.15, 0.2) is 0 Å². The summed E-state index contributed by atoms with van der Waals surface area (Å²) in [6, 6.07) is 7.83. The molecule has 1 fully saturated rings. The van der Waals surface area contributed by atoms with E-state index in [0.717, 1.165) is 37.0 Å². The van der Waals surface area contributed by atoms with Crippen LogP contribution in [0.1, 0.15) is 31.2 Å². The second kappa shape index (κ2) is 2.59. The summed E-state index contributed by atoms with van der Waals surface area (Å²) >= 11 is 0. The Balaban J connectivity index is 2.18. The molecule has 14 heavy (non-hydrogen) atoms. The van der Waals surface area contributed by atoms with Crippen molar-refractivity contribution >= 4 is 5.97 Å². The molecule has 1 heterocycles. The third-order valence-electron chi connectivity index (χ3n) is 3.45. The first kappa shape index (κ1) is 8.04. The maximum Gasteiger partial charge on any atom is 0.322 e. The fraction of sp³-hybridized carbons (Fsp3) is 0.417. The van der Waals surface area contributed by atoms with Gasteiger partial charge in [0.05, 0.1) is 5.41 Å². The van der Waals surface area contributed by atoms with Crippen molar-refractivity contribution in [3.05, 3.63) is 29.8 Å². The predicted octanol–water partition coefficient (Wildman–Crippen LogP) is 2.42. The topological polar surface area (TPSA) is 26.3 Å². The van der Waals surface area contributed by atoms with E-state index in [9.17, 15) is 4.79 Å². The molecule has 1 aliphatic carbocycles. The first-order valence-electron chi connectivity index (χ1n) is 5.15. The number of hydrogen-bond acceptors (Lipinski definition) is 2. The molecule has 0 unspecified atom stereocenters. The molecule has 2 aliphatic rings. The highest BCUT2D eigenvalue weighted by molar-refractivity contribution is 5.90. The minimum absolute atomic E-state index is 0.0313. The average molecular weight is 188 g/mol. The Kier molecular flexibility index (Phi) is 1.49. The first-order valence-corrected chi connectivity index (χ1v) is 5.15. The molecular formula is C12H12O2. The van der Waals surface area contributed by atoms with E-state index < -0.39 is 0 Å². The lowest BCUT2D eigenvalue weighted by Gasteiger charge is -2.17. The van der Waals surface area contributed by atoms with Crippen LogP contribution < -0.4 is 4.74 Å². The van der Waals surface area contributed by atoms with E-state index in [0.29, 0.717) is 0 Å². The van der Waals surface area contributed by atoms with E-state index in [1.54, 1.807) is 0 Å². The Morgan fingerprint density at radius 2 is 1.86 bits per heavy atom. The Hall–Kier alpha value is -1.31. The van der Waals surface area contributed by atoms with Gasteiger partial charge in [-0.05, 0) is 18.9 Å². The quantitative estimate of drug-likeness (QED) is 0.461. The van der Waals surface area contributed by atoms with Crippen LogP contribution in [-0.2, 0) is 10.2 Å². The smallest absolute Gasteiger partial charge is 0.322 e. The number of benzene rings is 1. The van der Waals surface area contributed by atoms with Crippen molar-refractivity contribution in [2.75, 3.05) is 0 Å². The number of rotatable bonds is 0. The van der Waals surface area contributed by atoms with Gasteiger partial charge >= 0.3 is 5.97 Å².